The Labute approximate surface area is 130 Å². The van der Waals surface area contributed by atoms with E-state index in [-0.39, 0.29) is 11.2 Å². The van der Waals surface area contributed by atoms with Crippen molar-refractivity contribution in [1.29, 1.82) is 0 Å². The molecule has 0 bridgehead atoms. The van der Waals surface area contributed by atoms with E-state index in [1.54, 1.807) is 6.07 Å². The topological polar surface area (TPSA) is 30.7 Å². The Bertz CT molecular complexity index is 673. The van der Waals surface area contributed by atoms with Gasteiger partial charge in [-0.15, -0.1) is 10.2 Å². The number of fused-ring (bicyclic) bond motifs is 1. The Kier molecular flexibility index (Phi) is 3.47. The van der Waals surface area contributed by atoms with Crippen LogP contribution in [0.2, 0.25) is 0 Å². The highest BCUT2D eigenvalue weighted by atomic mass is 19.1. The van der Waals surface area contributed by atoms with E-state index in [4.69, 9.17) is 0 Å². The largest absolute Gasteiger partial charge is 0.314 e. The monoisotopic (exact) mass is 299 g/mol. The third-order valence-electron chi connectivity index (χ3n) is 5.37. The minimum Gasteiger partial charge on any atom is -0.314 e. The van der Waals surface area contributed by atoms with E-state index in [2.05, 4.69) is 14.8 Å². The molecule has 2 heterocycles. The molecule has 4 heteroatoms. The SMILES string of the molecule is Fc1cccc(C2(c3nnc4n3CCCCCC4)CCC2)c1. The molecule has 0 spiro atoms. The molecule has 1 fully saturated rings. The van der Waals surface area contributed by atoms with Crippen LogP contribution in [-0.4, -0.2) is 14.8 Å². The lowest BCUT2D eigenvalue weighted by molar-refractivity contribution is 0.271. The van der Waals surface area contributed by atoms with Gasteiger partial charge in [-0.2, -0.15) is 0 Å². The fourth-order valence-electron chi connectivity index (χ4n) is 3.97. The maximum Gasteiger partial charge on any atom is 0.143 e. The number of hydrogen-bond donors (Lipinski definition) is 0. The number of rotatable bonds is 2. The van der Waals surface area contributed by atoms with Crippen LogP contribution >= 0.6 is 0 Å². The molecule has 1 aromatic carbocycles. The van der Waals surface area contributed by atoms with Gasteiger partial charge in [-0.3, -0.25) is 0 Å². The van der Waals surface area contributed by atoms with Crippen LogP contribution in [0, 0.1) is 5.82 Å². The third kappa shape index (κ3) is 2.16. The van der Waals surface area contributed by atoms with Crippen molar-refractivity contribution in [2.75, 3.05) is 0 Å². The van der Waals surface area contributed by atoms with Crippen LogP contribution in [0.25, 0.3) is 0 Å². The van der Waals surface area contributed by atoms with Crippen LogP contribution in [0.1, 0.15) is 62.2 Å². The lowest BCUT2D eigenvalue weighted by atomic mass is 9.63. The lowest BCUT2D eigenvalue weighted by Crippen LogP contribution is -2.38. The molecule has 0 atom stereocenters. The summed E-state index contributed by atoms with van der Waals surface area (Å²) in [5.74, 6) is 2.04. The molecular formula is C18H22FN3. The predicted octanol–water partition coefficient (Wildman–Crippen LogP) is 4.00. The van der Waals surface area contributed by atoms with Crippen LogP contribution < -0.4 is 0 Å². The normalized spacial score (nSPS) is 20.6. The Morgan fingerprint density at radius 2 is 1.86 bits per heavy atom. The number of benzene rings is 1. The Hall–Kier alpha value is -1.71. The molecule has 1 aliphatic heterocycles. The van der Waals surface area contributed by atoms with Gasteiger partial charge in [0.15, 0.2) is 0 Å². The third-order valence-corrected chi connectivity index (χ3v) is 5.37. The van der Waals surface area contributed by atoms with E-state index in [0.717, 1.165) is 43.0 Å². The van der Waals surface area contributed by atoms with Crippen LogP contribution in [-0.2, 0) is 18.4 Å². The first-order valence-electron chi connectivity index (χ1n) is 8.48. The number of hydrogen-bond acceptors (Lipinski definition) is 2. The van der Waals surface area contributed by atoms with E-state index in [0.29, 0.717) is 0 Å². The zero-order valence-electron chi connectivity index (χ0n) is 12.9. The second-order valence-electron chi connectivity index (χ2n) is 6.70. The molecule has 0 amide bonds. The predicted molar refractivity (Wildman–Crippen MR) is 83.2 cm³/mol. The zero-order valence-corrected chi connectivity index (χ0v) is 12.9. The summed E-state index contributed by atoms with van der Waals surface area (Å²) in [5, 5.41) is 9.05. The second kappa shape index (κ2) is 5.49. The minimum absolute atomic E-state index is 0.119. The molecule has 0 saturated heterocycles. The molecule has 0 N–H and O–H groups in total. The summed E-state index contributed by atoms with van der Waals surface area (Å²) in [7, 11) is 0. The summed E-state index contributed by atoms with van der Waals surface area (Å²) in [6, 6.07) is 7.07. The van der Waals surface area contributed by atoms with E-state index in [1.807, 2.05) is 12.1 Å². The fourth-order valence-corrected chi connectivity index (χ4v) is 3.97. The molecule has 4 rings (SSSR count). The van der Waals surface area contributed by atoms with Gasteiger partial charge in [0.1, 0.15) is 17.5 Å². The minimum atomic E-state index is -0.156. The van der Waals surface area contributed by atoms with E-state index in [9.17, 15) is 4.39 Å². The molecule has 2 aromatic rings. The number of aryl methyl sites for hydroxylation is 1. The first kappa shape index (κ1) is 13.9. The summed E-state index contributed by atoms with van der Waals surface area (Å²) in [4.78, 5) is 0. The van der Waals surface area contributed by atoms with Gasteiger partial charge in [-0.05, 0) is 43.4 Å². The second-order valence-corrected chi connectivity index (χ2v) is 6.70. The van der Waals surface area contributed by atoms with Gasteiger partial charge in [0, 0.05) is 13.0 Å². The average Bonchev–Trinajstić information content (AvgIpc) is 2.80. The first-order chi connectivity index (χ1) is 10.8. The molecule has 1 saturated carbocycles. The summed E-state index contributed by atoms with van der Waals surface area (Å²) in [5.41, 5.74) is 0.947. The number of aromatic nitrogens is 3. The van der Waals surface area contributed by atoms with Crippen molar-refractivity contribution in [2.45, 2.75) is 63.3 Å². The highest BCUT2D eigenvalue weighted by Gasteiger charge is 2.45. The maximum atomic E-state index is 13.7. The molecule has 2 aliphatic rings. The lowest BCUT2D eigenvalue weighted by Gasteiger charge is -2.41. The van der Waals surface area contributed by atoms with Crippen molar-refractivity contribution in [3.63, 3.8) is 0 Å². The Morgan fingerprint density at radius 3 is 2.64 bits per heavy atom. The van der Waals surface area contributed by atoms with Crippen molar-refractivity contribution < 1.29 is 4.39 Å². The van der Waals surface area contributed by atoms with Gasteiger partial charge in [0.2, 0.25) is 0 Å². The number of halogens is 1. The van der Waals surface area contributed by atoms with Gasteiger partial charge in [0.25, 0.3) is 0 Å². The molecule has 0 radical (unpaired) electrons. The van der Waals surface area contributed by atoms with Gasteiger partial charge < -0.3 is 4.57 Å². The summed E-state index contributed by atoms with van der Waals surface area (Å²) in [6.07, 6.45) is 9.26. The van der Waals surface area contributed by atoms with Crippen LogP contribution in [0.15, 0.2) is 24.3 Å². The van der Waals surface area contributed by atoms with E-state index >= 15 is 0 Å². The van der Waals surface area contributed by atoms with Crippen LogP contribution in [0.5, 0.6) is 0 Å². The Balaban J connectivity index is 1.79. The van der Waals surface area contributed by atoms with Crippen LogP contribution in [0.3, 0.4) is 0 Å². The van der Waals surface area contributed by atoms with Crippen molar-refractivity contribution >= 4 is 0 Å². The molecule has 1 aliphatic carbocycles. The fraction of sp³-hybridized carbons (Fsp3) is 0.556. The van der Waals surface area contributed by atoms with E-state index < -0.39 is 0 Å². The molecule has 3 nitrogen and oxygen atoms in total. The molecule has 0 unspecified atom stereocenters. The summed E-state index contributed by atoms with van der Waals surface area (Å²) >= 11 is 0. The maximum absolute atomic E-state index is 13.7. The quantitative estimate of drug-likeness (QED) is 0.839. The van der Waals surface area contributed by atoms with Crippen molar-refractivity contribution in [3.8, 4) is 0 Å². The molecule has 22 heavy (non-hydrogen) atoms. The highest BCUT2D eigenvalue weighted by Crippen LogP contribution is 2.48. The number of nitrogens with zero attached hydrogens (tertiary/aromatic N) is 3. The van der Waals surface area contributed by atoms with Crippen molar-refractivity contribution in [3.05, 3.63) is 47.3 Å². The molecule has 1 aromatic heterocycles. The zero-order chi connectivity index (χ0) is 15.0. The standard InChI is InChI=1S/C18H22FN3/c19-15-8-5-7-14(13-15)18(10-6-11-18)17-21-20-16-9-3-1-2-4-12-22(16)17/h5,7-8,13H,1-4,6,9-12H2. The highest BCUT2D eigenvalue weighted by molar-refractivity contribution is 5.36. The van der Waals surface area contributed by atoms with Crippen molar-refractivity contribution in [2.24, 2.45) is 0 Å². The van der Waals surface area contributed by atoms with Gasteiger partial charge in [-0.25, -0.2) is 4.39 Å². The Morgan fingerprint density at radius 1 is 1.00 bits per heavy atom. The first-order valence-corrected chi connectivity index (χ1v) is 8.48. The van der Waals surface area contributed by atoms with Gasteiger partial charge in [0.05, 0.1) is 5.41 Å². The summed E-state index contributed by atoms with van der Waals surface area (Å²) in [6.45, 7) is 1.01. The van der Waals surface area contributed by atoms with E-state index in [1.165, 1.54) is 38.2 Å². The van der Waals surface area contributed by atoms with Gasteiger partial charge >= 0.3 is 0 Å². The van der Waals surface area contributed by atoms with Gasteiger partial charge in [-0.1, -0.05) is 31.4 Å². The average molecular weight is 299 g/mol. The van der Waals surface area contributed by atoms with Crippen molar-refractivity contribution in [1.82, 2.24) is 14.8 Å². The molecular weight excluding hydrogens is 277 g/mol. The summed E-state index contributed by atoms with van der Waals surface area (Å²) < 4.78 is 16.1. The molecule has 116 valence electrons. The smallest absolute Gasteiger partial charge is 0.143 e. The van der Waals surface area contributed by atoms with Crippen LogP contribution in [0.4, 0.5) is 4.39 Å².